The van der Waals surface area contributed by atoms with Crippen molar-refractivity contribution in [1.29, 1.82) is 0 Å². The first-order chi connectivity index (χ1) is 26.0. The third kappa shape index (κ3) is 40.2. The fourth-order valence-corrected chi connectivity index (χ4v) is 6.69. The number of phosphoric ester groups is 1. The van der Waals surface area contributed by atoms with Crippen molar-refractivity contribution in [3.8, 4) is 0 Å². The number of ether oxygens (including phenoxy) is 2. The summed E-state index contributed by atoms with van der Waals surface area (Å²) in [5.74, 6) is -0.810. The lowest BCUT2D eigenvalue weighted by Gasteiger charge is -2.24. The Morgan fingerprint density at radius 2 is 0.944 bits per heavy atom. The molecule has 10 heteroatoms. The van der Waals surface area contributed by atoms with Crippen LogP contribution < -0.4 is 0 Å². The minimum atomic E-state index is -4.37. The van der Waals surface area contributed by atoms with E-state index in [2.05, 4.69) is 38.2 Å². The van der Waals surface area contributed by atoms with E-state index in [1.54, 1.807) is 0 Å². The molecular weight excluding hydrogens is 701 g/mol. The Morgan fingerprint density at radius 1 is 0.556 bits per heavy atom. The van der Waals surface area contributed by atoms with E-state index in [0.717, 1.165) is 64.2 Å². The monoisotopic (exact) mass is 787 g/mol. The average molecular weight is 787 g/mol. The number of carbonyl (C=O) groups is 2. The molecule has 0 radical (unpaired) electrons. The van der Waals surface area contributed by atoms with Crippen molar-refractivity contribution in [2.24, 2.45) is 0 Å². The fraction of sp³-hybridized carbons (Fsp3) is 0.864. The summed E-state index contributed by atoms with van der Waals surface area (Å²) in [5.41, 5.74) is 0. The van der Waals surface area contributed by atoms with Crippen LogP contribution in [0.5, 0.6) is 0 Å². The number of phosphoric acid groups is 1. The fourth-order valence-electron chi connectivity index (χ4n) is 5.94. The molecule has 0 aromatic carbocycles. The van der Waals surface area contributed by atoms with E-state index in [1.807, 2.05) is 21.1 Å². The minimum Gasteiger partial charge on any atom is -0.462 e. The van der Waals surface area contributed by atoms with Crippen molar-refractivity contribution in [1.82, 2.24) is 0 Å². The lowest BCUT2D eigenvalue weighted by atomic mass is 10.1. The van der Waals surface area contributed by atoms with Gasteiger partial charge in [-0.25, -0.2) is 4.57 Å². The van der Waals surface area contributed by atoms with E-state index in [0.29, 0.717) is 17.4 Å². The van der Waals surface area contributed by atoms with Crippen molar-refractivity contribution in [2.75, 3.05) is 47.5 Å². The number of quaternary nitrogens is 1. The third-order valence-electron chi connectivity index (χ3n) is 9.45. The maximum Gasteiger partial charge on any atom is 0.472 e. The highest BCUT2D eigenvalue weighted by atomic mass is 31.2. The average Bonchev–Trinajstić information content (AvgIpc) is 3.12. The van der Waals surface area contributed by atoms with Crippen LogP contribution in [0.3, 0.4) is 0 Å². The van der Waals surface area contributed by atoms with E-state index in [9.17, 15) is 19.0 Å². The molecule has 1 N–H and O–H groups in total. The van der Waals surface area contributed by atoms with Gasteiger partial charge in [-0.2, -0.15) is 0 Å². The highest BCUT2D eigenvalue weighted by Crippen LogP contribution is 2.43. The van der Waals surface area contributed by atoms with Gasteiger partial charge in [-0.05, 0) is 64.2 Å². The summed E-state index contributed by atoms with van der Waals surface area (Å²) < 4.78 is 34.3. The zero-order valence-corrected chi connectivity index (χ0v) is 36.6. The van der Waals surface area contributed by atoms with Crippen LogP contribution in [0, 0.1) is 0 Å². The van der Waals surface area contributed by atoms with Gasteiger partial charge in [-0.3, -0.25) is 18.6 Å². The van der Waals surface area contributed by atoms with Gasteiger partial charge in [0.15, 0.2) is 6.10 Å². The van der Waals surface area contributed by atoms with E-state index < -0.39 is 26.5 Å². The molecule has 0 rings (SSSR count). The van der Waals surface area contributed by atoms with Gasteiger partial charge in [0.1, 0.15) is 19.8 Å². The molecule has 0 saturated carbocycles. The maximum absolute atomic E-state index is 12.7. The summed E-state index contributed by atoms with van der Waals surface area (Å²) in [4.78, 5) is 35.3. The van der Waals surface area contributed by atoms with Crippen LogP contribution in [0.1, 0.15) is 194 Å². The van der Waals surface area contributed by atoms with E-state index >= 15 is 0 Å². The molecule has 0 aromatic heterocycles. The Kier molecular flexibility index (Phi) is 36.1. The van der Waals surface area contributed by atoms with Crippen molar-refractivity contribution in [2.45, 2.75) is 200 Å². The topological polar surface area (TPSA) is 108 Å². The Morgan fingerprint density at radius 3 is 1.39 bits per heavy atom. The number of likely N-dealkylation sites (N-methyl/N-ethyl adjacent to an activating group) is 1. The molecule has 2 atom stereocenters. The Bertz CT molecular complexity index is 980. The second-order valence-corrected chi connectivity index (χ2v) is 17.5. The van der Waals surface area contributed by atoms with Gasteiger partial charge in [0, 0.05) is 12.8 Å². The predicted octanol–water partition coefficient (Wildman–Crippen LogP) is 12.4. The first kappa shape index (κ1) is 52.5. The standard InChI is InChI=1S/C44H84NO8P/c1-6-8-10-12-14-16-18-20-22-24-26-28-30-32-34-36-43(46)50-40-42(41-52-54(48,49)51-39-38-45(3,4)5)53-44(47)37-35-33-31-29-27-25-23-21-19-17-15-13-11-9-7-2/h17,19-20,22,42H,6-16,18,21,23-41H2,1-5H3/p+1/b19-17-,22-20-/t42-/m1/s1. The number of allylic oxidation sites excluding steroid dienone is 4. The summed E-state index contributed by atoms with van der Waals surface area (Å²) in [6.07, 6.45) is 39.3. The van der Waals surface area contributed by atoms with Gasteiger partial charge in [-0.1, -0.05) is 141 Å². The number of rotatable bonds is 40. The molecule has 318 valence electrons. The van der Waals surface area contributed by atoms with E-state index in [4.69, 9.17) is 18.5 Å². The number of esters is 2. The van der Waals surface area contributed by atoms with Gasteiger partial charge in [-0.15, -0.1) is 0 Å². The SMILES string of the molecule is CCCCCC/C=C\CCCCCCCCCC(=O)O[C@H](COC(=O)CCCCCCC/C=C\CCCCCCCC)COP(=O)(O)OCC[N+](C)(C)C. The second-order valence-electron chi connectivity index (χ2n) is 16.1. The molecule has 54 heavy (non-hydrogen) atoms. The zero-order valence-electron chi connectivity index (χ0n) is 35.7. The van der Waals surface area contributed by atoms with Crippen molar-refractivity contribution in [3.05, 3.63) is 24.3 Å². The van der Waals surface area contributed by atoms with Gasteiger partial charge < -0.3 is 18.9 Å². The predicted molar refractivity (Wildman–Crippen MR) is 224 cm³/mol. The number of unbranched alkanes of at least 4 members (excludes halogenated alkanes) is 22. The number of hydrogen-bond acceptors (Lipinski definition) is 7. The van der Waals surface area contributed by atoms with Crippen LogP contribution in [0.15, 0.2) is 24.3 Å². The molecule has 0 spiro atoms. The largest absolute Gasteiger partial charge is 0.472 e. The number of nitrogens with zero attached hydrogens (tertiary/aromatic N) is 1. The van der Waals surface area contributed by atoms with Crippen LogP contribution in [0.4, 0.5) is 0 Å². The summed E-state index contributed by atoms with van der Waals surface area (Å²) in [6, 6.07) is 0. The molecule has 0 aromatic rings. The normalized spacial score (nSPS) is 13.8. The quantitative estimate of drug-likeness (QED) is 0.0215. The Labute approximate surface area is 332 Å². The molecule has 9 nitrogen and oxygen atoms in total. The molecule has 0 saturated heterocycles. The molecule has 0 aliphatic rings. The van der Waals surface area contributed by atoms with Crippen molar-refractivity contribution >= 4 is 19.8 Å². The van der Waals surface area contributed by atoms with Crippen LogP contribution in [-0.2, 0) is 32.7 Å². The van der Waals surface area contributed by atoms with E-state index in [-0.39, 0.29) is 32.0 Å². The molecule has 0 heterocycles. The molecule has 0 amide bonds. The Balaban J connectivity index is 4.37. The van der Waals surface area contributed by atoms with E-state index in [1.165, 1.54) is 96.3 Å². The summed E-state index contributed by atoms with van der Waals surface area (Å²) in [7, 11) is 1.47. The highest BCUT2D eigenvalue weighted by molar-refractivity contribution is 7.47. The minimum absolute atomic E-state index is 0.0307. The van der Waals surface area contributed by atoms with Gasteiger partial charge in [0.2, 0.25) is 0 Å². The first-order valence-corrected chi connectivity index (χ1v) is 23.6. The molecule has 0 bridgehead atoms. The maximum atomic E-state index is 12.7. The van der Waals surface area contributed by atoms with Crippen molar-refractivity contribution in [3.63, 3.8) is 0 Å². The highest BCUT2D eigenvalue weighted by Gasteiger charge is 2.27. The van der Waals surface area contributed by atoms with Crippen LogP contribution in [0.2, 0.25) is 0 Å². The summed E-state index contributed by atoms with van der Waals surface area (Å²) in [5, 5.41) is 0. The van der Waals surface area contributed by atoms with Crippen LogP contribution >= 0.6 is 7.82 Å². The molecular formula is C44H85NO8P+. The smallest absolute Gasteiger partial charge is 0.462 e. The molecule has 1 unspecified atom stereocenters. The van der Waals surface area contributed by atoms with Gasteiger partial charge in [0.25, 0.3) is 0 Å². The zero-order chi connectivity index (χ0) is 40.0. The lowest BCUT2D eigenvalue weighted by molar-refractivity contribution is -0.870. The third-order valence-corrected chi connectivity index (χ3v) is 10.4. The van der Waals surface area contributed by atoms with Crippen molar-refractivity contribution < 1.29 is 42.1 Å². The first-order valence-electron chi connectivity index (χ1n) is 22.1. The van der Waals surface area contributed by atoms with Crippen LogP contribution in [0.25, 0.3) is 0 Å². The van der Waals surface area contributed by atoms with Crippen LogP contribution in [-0.4, -0.2) is 74.9 Å². The Hall–Kier alpha value is -1.51. The number of hydrogen-bond donors (Lipinski definition) is 1. The molecule has 0 aliphatic carbocycles. The number of carbonyl (C=O) groups excluding carboxylic acids is 2. The molecule has 0 fully saturated rings. The van der Waals surface area contributed by atoms with Gasteiger partial charge >= 0.3 is 19.8 Å². The second kappa shape index (κ2) is 37.1. The lowest BCUT2D eigenvalue weighted by Crippen LogP contribution is -2.37. The summed E-state index contributed by atoms with van der Waals surface area (Å²) in [6.45, 7) is 4.40. The summed E-state index contributed by atoms with van der Waals surface area (Å²) >= 11 is 0. The van der Waals surface area contributed by atoms with Gasteiger partial charge in [0.05, 0.1) is 27.7 Å². The molecule has 0 aliphatic heterocycles.